The Kier molecular flexibility index (Phi) is 4.89. The van der Waals surface area contributed by atoms with Gasteiger partial charge >= 0.3 is 0 Å². The Bertz CT molecular complexity index is 575. The maximum Gasteiger partial charge on any atom is 0.220 e. The van der Waals surface area contributed by atoms with E-state index in [-0.39, 0.29) is 11.9 Å². The van der Waals surface area contributed by atoms with Crippen molar-refractivity contribution in [2.75, 3.05) is 0 Å². The minimum atomic E-state index is 0.0255. The van der Waals surface area contributed by atoms with E-state index in [0.29, 0.717) is 6.42 Å². The second-order valence-electron chi connectivity index (χ2n) is 4.77. The number of thiazole rings is 1. The van der Waals surface area contributed by atoms with Crippen molar-refractivity contribution >= 4 is 17.2 Å². The normalized spacial score (nSPS) is 12.3. The van der Waals surface area contributed by atoms with Gasteiger partial charge in [-0.1, -0.05) is 6.92 Å². The Morgan fingerprint density at radius 3 is 2.90 bits per heavy atom. The molecule has 108 valence electrons. The van der Waals surface area contributed by atoms with Crippen LogP contribution in [0, 0.1) is 6.92 Å². The molecule has 1 amide bonds. The summed E-state index contributed by atoms with van der Waals surface area (Å²) in [5, 5.41) is 7.23. The average molecular weight is 292 g/mol. The van der Waals surface area contributed by atoms with Gasteiger partial charge in [0.2, 0.25) is 5.91 Å². The maximum absolute atomic E-state index is 12.1. The summed E-state index contributed by atoms with van der Waals surface area (Å²) in [5.74, 6) is 0.0749. The van der Waals surface area contributed by atoms with Gasteiger partial charge in [0, 0.05) is 24.5 Å². The van der Waals surface area contributed by atoms with Crippen molar-refractivity contribution in [2.24, 2.45) is 7.05 Å². The van der Waals surface area contributed by atoms with Crippen molar-refractivity contribution in [2.45, 2.75) is 39.2 Å². The van der Waals surface area contributed by atoms with Crippen molar-refractivity contribution in [1.29, 1.82) is 0 Å². The summed E-state index contributed by atoms with van der Waals surface area (Å²) in [6, 6.07) is 1.97. The molecule has 2 aromatic heterocycles. The van der Waals surface area contributed by atoms with Crippen LogP contribution in [0.3, 0.4) is 0 Å². The summed E-state index contributed by atoms with van der Waals surface area (Å²) in [5.41, 5.74) is 3.89. The Balaban J connectivity index is 1.90. The smallest absolute Gasteiger partial charge is 0.220 e. The fourth-order valence-corrected chi connectivity index (χ4v) is 2.95. The fraction of sp³-hybridized carbons (Fsp3) is 0.500. The van der Waals surface area contributed by atoms with Crippen LogP contribution in [0.15, 0.2) is 17.8 Å². The van der Waals surface area contributed by atoms with Gasteiger partial charge in [-0.15, -0.1) is 11.3 Å². The zero-order valence-corrected chi connectivity index (χ0v) is 12.9. The lowest BCUT2D eigenvalue weighted by Gasteiger charge is -2.17. The Labute approximate surface area is 123 Å². The standard InChI is InChI=1S/C14H20N4OS/c1-4-11(12-7-8-16-18(12)3)17-14(19)6-5-13-10(2)15-9-20-13/h7-9,11H,4-6H2,1-3H3,(H,17,19)/t11-/m0/s1. The topological polar surface area (TPSA) is 59.8 Å². The predicted molar refractivity (Wildman–Crippen MR) is 79.6 cm³/mol. The molecule has 0 saturated heterocycles. The van der Waals surface area contributed by atoms with E-state index in [1.54, 1.807) is 17.5 Å². The van der Waals surface area contributed by atoms with Crippen LogP contribution in [-0.2, 0) is 18.3 Å². The highest BCUT2D eigenvalue weighted by atomic mass is 32.1. The third-order valence-corrected chi connectivity index (χ3v) is 4.38. The van der Waals surface area contributed by atoms with Crippen LogP contribution in [0.5, 0.6) is 0 Å². The first-order valence-electron chi connectivity index (χ1n) is 6.78. The van der Waals surface area contributed by atoms with Gasteiger partial charge in [0.25, 0.3) is 0 Å². The molecule has 0 saturated carbocycles. The SMILES string of the molecule is CC[C@H](NC(=O)CCc1scnc1C)c1ccnn1C. The number of nitrogens with one attached hydrogen (secondary N) is 1. The van der Waals surface area contributed by atoms with E-state index in [1.165, 1.54) is 4.88 Å². The number of rotatable bonds is 6. The minimum absolute atomic E-state index is 0.0255. The molecular weight excluding hydrogens is 272 g/mol. The summed E-state index contributed by atoms with van der Waals surface area (Å²) in [6.07, 6.45) is 3.86. The van der Waals surface area contributed by atoms with Gasteiger partial charge in [-0.05, 0) is 25.8 Å². The van der Waals surface area contributed by atoms with E-state index >= 15 is 0 Å². The fourth-order valence-electron chi connectivity index (χ4n) is 2.17. The highest BCUT2D eigenvalue weighted by Crippen LogP contribution is 2.17. The summed E-state index contributed by atoms with van der Waals surface area (Å²) >= 11 is 1.61. The second-order valence-corrected chi connectivity index (χ2v) is 5.71. The third-order valence-electron chi connectivity index (χ3n) is 3.38. The zero-order chi connectivity index (χ0) is 14.5. The van der Waals surface area contributed by atoms with E-state index in [0.717, 1.165) is 24.2 Å². The molecule has 0 spiro atoms. The van der Waals surface area contributed by atoms with Gasteiger partial charge in [-0.25, -0.2) is 4.98 Å². The van der Waals surface area contributed by atoms with Crippen LogP contribution < -0.4 is 5.32 Å². The van der Waals surface area contributed by atoms with Crippen molar-refractivity contribution in [1.82, 2.24) is 20.1 Å². The highest BCUT2D eigenvalue weighted by molar-refractivity contribution is 7.09. The summed E-state index contributed by atoms with van der Waals surface area (Å²) in [7, 11) is 1.89. The quantitative estimate of drug-likeness (QED) is 0.889. The number of amides is 1. The molecule has 1 atom stereocenters. The number of aryl methyl sites for hydroxylation is 3. The first kappa shape index (κ1) is 14.7. The minimum Gasteiger partial charge on any atom is -0.348 e. The van der Waals surface area contributed by atoms with E-state index < -0.39 is 0 Å². The largest absolute Gasteiger partial charge is 0.348 e. The Morgan fingerprint density at radius 2 is 2.35 bits per heavy atom. The van der Waals surface area contributed by atoms with E-state index in [4.69, 9.17) is 0 Å². The average Bonchev–Trinajstić information content (AvgIpc) is 3.02. The number of carbonyl (C=O) groups is 1. The second kappa shape index (κ2) is 6.65. The van der Waals surface area contributed by atoms with Crippen LogP contribution >= 0.6 is 11.3 Å². The van der Waals surface area contributed by atoms with Crippen molar-refractivity contribution in [3.8, 4) is 0 Å². The van der Waals surface area contributed by atoms with Gasteiger partial charge in [0.1, 0.15) is 0 Å². The highest BCUT2D eigenvalue weighted by Gasteiger charge is 2.16. The summed E-state index contributed by atoms with van der Waals surface area (Å²) in [6.45, 7) is 4.04. The number of hydrogen-bond acceptors (Lipinski definition) is 4. The number of carbonyl (C=O) groups excluding carboxylic acids is 1. The van der Waals surface area contributed by atoms with Crippen molar-refractivity contribution in [3.63, 3.8) is 0 Å². The van der Waals surface area contributed by atoms with E-state index in [1.807, 2.05) is 30.2 Å². The number of hydrogen-bond donors (Lipinski definition) is 1. The lowest BCUT2D eigenvalue weighted by molar-refractivity contribution is -0.121. The molecule has 2 rings (SSSR count). The molecule has 2 aromatic rings. The molecule has 0 aliphatic heterocycles. The molecule has 0 aliphatic carbocycles. The molecular formula is C14H20N4OS. The number of aromatic nitrogens is 3. The molecule has 0 aromatic carbocycles. The molecule has 5 nitrogen and oxygen atoms in total. The van der Waals surface area contributed by atoms with Crippen LogP contribution in [0.1, 0.15) is 42.1 Å². The lowest BCUT2D eigenvalue weighted by atomic mass is 10.1. The molecule has 0 radical (unpaired) electrons. The van der Waals surface area contributed by atoms with Crippen molar-refractivity contribution < 1.29 is 4.79 Å². The zero-order valence-electron chi connectivity index (χ0n) is 12.1. The molecule has 0 unspecified atom stereocenters. The van der Waals surface area contributed by atoms with Crippen LogP contribution in [0.25, 0.3) is 0 Å². The molecule has 2 heterocycles. The van der Waals surface area contributed by atoms with Gasteiger partial charge in [-0.3, -0.25) is 9.48 Å². The van der Waals surface area contributed by atoms with Crippen LogP contribution in [0.4, 0.5) is 0 Å². The summed E-state index contributed by atoms with van der Waals surface area (Å²) in [4.78, 5) is 17.5. The molecule has 0 bridgehead atoms. The molecule has 0 fully saturated rings. The Morgan fingerprint density at radius 1 is 1.55 bits per heavy atom. The van der Waals surface area contributed by atoms with Crippen LogP contribution in [-0.4, -0.2) is 20.7 Å². The molecule has 20 heavy (non-hydrogen) atoms. The van der Waals surface area contributed by atoms with Crippen molar-refractivity contribution in [3.05, 3.63) is 34.0 Å². The maximum atomic E-state index is 12.1. The predicted octanol–water partition coefficient (Wildman–Crippen LogP) is 2.39. The van der Waals surface area contributed by atoms with E-state index in [9.17, 15) is 4.79 Å². The number of nitrogens with zero attached hydrogens (tertiary/aromatic N) is 3. The van der Waals surface area contributed by atoms with Gasteiger partial charge in [-0.2, -0.15) is 5.10 Å². The summed E-state index contributed by atoms with van der Waals surface area (Å²) < 4.78 is 1.81. The first-order chi connectivity index (χ1) is 9.61. The van der Waals surface area contributed by atoms with E-state index in [2.05, 4.69) is 22.3 Å². The van der Waals surface area contributed by atoms with Crippen LogP contribution in [0.2, 0.25) is 0 Å². The molecule has 1 N–H and O–H groups in total. The monoisotopic (exact) mass is 292 g/mol. The first-order valence-corrected chi connectivity index (χ1v) is 7.66. The van der Waals surface area contributed by atoms with Gasteiger partial charge in [0.15, 0.2) is 0 Å². The Hall–Kier alpha value is -1.69. The molecule has 6 heteroatoms. The third kappa shape index (κ3) is 3.45. The molecule has 0 aliphatic rings. The van der Waals surface area contributed by atoms with Gasteiger partial charge in [0.05, 0.1) is 22.9 Å². The van der Waals surface area contributed by atoms with Gasteiger partial charge < -0.3 is 5.32 Å². The lowest BCUT2D eigenvalue weighted by Crippen LogP contribution is -2.29.